The van der Waals surface area contributed by atoms with E-state index in [0.717, 1.165) is 22.2 Å². The molecule has 0 unspecified atom stereocenters. The van der Waals surface area contributed by atoms with Crippen LogP contribution in [0.3, 0.4) is 0 Å². The van der Waals surface area contributed by atoms with Gasteiger partial charge in [-0.2, -0.15) is 0 Å². The molecule has 0 radical (unpaired) electrons. The van der Waals surface area contributed by atoms with E-state index < -0.39 is 0 Å². The molecular weight excluding hydrogens is 356 g/mol. The molecule has 3 aromatic heterocycles. The number of aromatic nitrogens is 4. The average Bonchev–Trinajstić information content (AvgIpc) is 2.74. The molecule has 7 nitrogen and oxygen atoms in total. The summed E-state index contributed by atoms with van der Waals surface area (Å²) in [6.45, 7) is 1.93. The zero-order chi connectivity index (χ0) is 19.5. The molecule has 4 aromatic rings. The van der Waals surface area contributed by atoms with Gasteiger partial charge in [0.05, 0.1) is 19.7 Å². The van der Waals surface area contributed by atoms with Gasteiger partial charge in [-0.25, -0.2) is 15.0 Å². The molecule has 0 fully saturated rings. The topological polar surface area (TPSA) is 79.3 Å². The third-order valence-corrected chi connectivity index (χ3v) is 4.26. The van der Waals surface area contributed by atoms with Crippen LogP contribution in [-0.4, -0.2) is 34.2 Å². The van der Waals surface area contributed by atoms with Crippen molar-refractivity contribution in [2.75, 3.05) is 14.2 Å². The molecule has 0 aliphatic heterocycles. The zero-order valence-electron chi connectivity index (χ0n) is 15.7. The molecule has 140 valence electrons. The second kappa shape index (κ2) is 7.48. The largest absolute Gasteiger partial charge is 0.493 e. The number of benzene rings is 1. The standard InChI is InChI=1S/C21H18N4O3/c1-13-4-5-18(21(25-13)14-10-22-12-23-11-14)28-17-6-7-24-16-9-20(27-3)19(26-2)8-15(16)17/h4-12H,1-3H3. The van der Waals surface area contributed by atoms with E-state index in [1.807, 2.05) is 31.2 Å². The number of nitrogens with zero attached hydrogens (tertiary/aromatic N) is 4. The van der Waals surface area contributed by atoms with Crippen LogP contribution in [0.25, 0.3) is 22.2 Å². The van der Waals surface area contributed by atoms with E-state index in [1.54, 1.807) is 38.9 Å². The summed E-state index contributed by atoms with van der Waals surface area (Å²) in [6, 6.07) is 9.26. The predicted molar refractivity (Wildman–Crippen MR) is 105 cm³/mol. The Morgan fingerprint density at radius 3 is 2.32 bits per heavy atom. The molecule has 0 spiro atoms. The molecule has 0 aliphatic carbocycles. The Labute approximate surface area is 162 Å². The summed E-state index contributed by atoms with van der Waals surface area (Å²) in [5.41, 5.74) is 3.06. The van der Waals surface area contributed by atoms with Gasteiger partial charge in [-0.3, -0.25) is 4.98 Å². The first kappa shape index (κ1) is 17.7. The summed E-state index contributed by atoms with van der Waals surface area (Å²) in [4.78, 5) is 17.2. The van der Waals surface area contributed by atoms with Gasteiger partial charge in [0.1, 0.15) is 17.8 Å². The fraction of sp³-hybridized carbons (Fsp3) is 0.143. The van der Waals surface area contributed by atoms with Gasteiger partial charge in [-0.15, -0.1) is 0 Å². The van der Waals surface area contributed by atoms with Gasteiger partial charge in [0.2, 0.25) is 0 Å². The van der Waals surface area contributed by atoms with Gasteiger partial charge in [-0.05, 0) is 31.2 Å². The molecule has 0 saturated carbocycles. The van der Waals surface area contributed by atoms with E-state index in [0.29, 0.717) is 28.7 Å². The van der Waals surface area contributed by atoms with Crippen LogP contribution < -0.4 is 14.2 Å². The molecular formula is C21H18N4O3. The van der Waals surface area contributed by atoms with E-state index in [9.17, 15) is 0 Å². The van der Waals surface area contributed by atoms with Crippen LogP contribution in [0.4, 0.5) is 0 Å². The highest BCUT2D eigenvalue weighted by molar-refractivity contribution is 5.88. The number of pyridine rings is 2. The van der Waals surface area contributed by atoms with Gasteiger partial charge in [0, 0.05) is 41.3 Å². The van der Waals surface area contributed by atoms with Crippen LogP contribution in [0.1, 0.15) is 5.69 Å². The maximum Gasteiger partial charge on any atom is 0.162 e. The van der Waals surface area contributed by atoms with E-state index >= 15 is 0 Å². The van der Waals surface area contributed by atoms with Crippen LogP contribution in [0.5, 0.6) is 23.0 Å². The van der Waals surface area contributed by atoms with Crippen LogP contribution >= 0.6 is 0 Å². The molecule has 1 aromatic carbocycles. The molecule has 0 amide bonds. The minimum Gasteiger partial charge on any atom is -0.493 e. The van der Waals surface area contributed by atoms with Crippen LogP contribution in [0, 0.1) is 6.92 Å². The van der Waals surface area contributed by atoms with Gasteiger partial charge in [-0.1, -0.05) is 0 Å². The van der Waals surface area contributed by atoms with Crippen molar-refractivity contribution in [3.05, 3.63) is 60.9 Å². The smallest absolute Gasteiger partial charge is 0.162 e. The molecule has 0 saturated heterocycles. The number of rotatable bonds is 5. The lowest BCUT2D eigenvalue weighted by atomic mass is 10.1. The van der Waals surface area contributed by atoms with Crippen molar-refractivity contribution in [3.8, 4) is 34.3 Å². The summed E-state index contributed by atoms with van der Waals surface area (Å²) in [6.07, 6.45) is 6.59. The SMILES string of the molecule is COc1cc2nccc(Oc3ccc(C)nc3-c3cncnc3)c2cc1OC. The number of hydrogen-bond donors (Lipinski definition) is 0. The van der Waals surface area contributed by atoms with Gasteiger partial charge >= 0.3 is 0 Å². The zero-order valence-corrected chi connectivity index (χ0v) is 15.7. The highest BCUT2D eigenvalue weighted by Gasteiger charge is 2.14. The molecule has 7 heteroatoms. The number of ether oxygens (including phenoxy) is 3. The van der Waals surface area contributed by atoms with E-state index in [1.165, 1.54) is 6.33 Å². The van der Waals surface area contributed by atoms with E-state index in [4.69, 9.17) is 14.2 Å². The monoisotopic (exact) mass is 374 g/mol. The van der Waals surface area contributed by atoms with Crippen molar-refractivity contribution < 1.29 is 14.2 Å². The lowest BCUT2D eigenvalue weighted by Gasteiger charge is -2.14. The van der Waals surface area contributed by atoms with Crippen LogP contribution in [0.2, 0.25) is 0 Å². The van der Waals surface area contributed by atoms with Crippen LogP contribution in [0.15, 0.2) is 55.2 Å². The third-order valence-electron chi connectivity index (χ3n) is 4.26. The summed E-state index contributed by atoms with van der Waals surface area (Å²) in [5, 5.41) is 0.802. The van der Waals surface area contributed by atoms with Crippen molar-refractivity contribution in [1.82, 2.24) is 19.9 Å². The Morgan fingerprint density at radius 2 is 1.57 bits per heavy atom. The molecule has 0 N–H and O–H groups in total. The Hall–Kier alpha value is -3.74. The van der Waals surface area contributed by atoms with E-state index in [2.05, 4.69) is 19.9 Å². The fourth-order valence-corrected chi connectivity index (χ4v) is 2.91. The Morgan fingerprint density at radius 1 is 0.821 bits per heavy atom. The highest BCUT2D eigenvalue weighted by atomic mass is 16.5. The normalized spacial score (nSPS) is 10.7. The van der Waals surface area contributed by atoms with E-state index in [-0.39, 0.29) is 0 Å². The quantitative estimate of drug-likeness (QED) is 0.518. The number of fused-ring (bicyclic) bond motifs is 1. The van der Waals surface area contributed by atoms with Gasteiger partial charge in [0.25, 0.3) is 0 Å². The first-order valence-electron chi connectivity index (χ1n) is 8.61. The van der Waals surface area contributed by atoms with Crippen molar-refractivity contribution in [2.24, 2.45) is 0 Å². The molecule has 0 atom stereocenters. The average molecular weight is 374 g/mol. The summed E-state index contributed by atoms with van der Waals surface area (Å²) >= 11 is 0. The third kappa shape index (κ3) is 3.29. The summed E-state index contributed by atoms with van der Waals surface area (Å²) < 4.78 is 17.0. The number of hydrogen-bond acceptors (Lipinski definition) is 7. The van der Waals surface area contributed by atoms with Crippen LogP contribution in [-0.2, 0) is 0 Å². The van der Waals surface area contributed by atoms with Gasteiger partial charge < -0.3 is 14.2 Å². The Kier molecular flexibility index (Phi) is 4.72. The highest BCUT2D eigenvalue weighted by Crippen LogP contribution is 2.38. The number of aryl methyl sites for hydroxylation is 1. The van der Waals surface area contributed by atoms with Crippen molar-refractivity contribution >= 4 is 10.9 Å². The van der Waals surface area contributed by atoms with Crippen molar-refractivity contribution in [2.45, 2.75) is 6.92 Å². The second-order valence-corrected chi connectivity index (χ2v) is 6.06. The van der Waals surface area contributed by atoms with Gasteiger partial charge in [0.15, 0.2) is 17.2 Å². The predicted octanol–water partition coefficient (Wildman–Crippen LogP) is 4.20. The minimum atomic E-state index is 0.600. The summed E-state index contributed by atoms with van der Waals surface area (Å²) in [7, 11) is 3.19. The molecule has 3 heterocycles. The number of methoxy groups -OCH3 is 2. The fourth-order valence-electron chi connectivity index (χ4n) is 2.91. The molecule has 0 aliphatic rings. The van der Waals surface area contributed by atoms with Crippen molar-refractivity contribution in [3.63, 3.8) is 0 Å². The first-order valence-corrected chi connectivity index (χ1v) is 8.61. The molecule has 0 bridgehead atoms. The molecule has 4 rings (SSSR count). The minimum absolute atomic E-state index is 0.600. The second-order valence-electron chi connectivity index (χ2n) is 6.06. The Balaban J connectivity index is 1.83. The van der Waals surface area contributed by atoms with Crippen molar-refractivity contribution in [1.29, 1.82) is 0 Å². The maximum atomic E-state index is 6.25. The summed E-state index contributed by atoms with van der Waals surface area (Å²) in [5.74, 6) is 2.45. The Bertz CT molecular complexity index is 1130. The first-order chi connectivity index (χ1) is 13.7. The molecule has 28 heavy (non-hydrogen) atoms. The lowest BCUT2D eigenvalue weighted by molar-refractivity contribution is 0.355. The lowest BCUT2D eigenvalue weighted by Crippen LogP contribution is -1.96. The maximum absolute atomic E-state index is 6.25.